The summed E-state index contributed by atoms with van der Waals surface area (Å²) >= 11 is 1.38. The Hall–Kier alpha value is -1.43. The van der Waals surface area contributed by atoms with Gasteiger partial charge in [0.1, 0.15) is 5.69 Å². The van der Waals surface area contributed by atoms with Gasteiger partial charge in [0.2, 0.25) is 5.13 Å². The van der Waals surface area contributed by atoms with Crippen molar-refractivity contribution in [1.29, 1.82) is 0 Å². The van der Waals surface area contributed by atoms with Crippen molar-refractivity contribution in [2.24, 2.45) is 0 Å². The SMILES string of the molecule is Nc1nnc(-c2ccn(C3CCCC3)n2)s1. The summed E-state index contributed by atoms with van der Waals surface area (Å²) in [6.45, 7) is 0. The Morgan fingerprint density at radius 3 is 2.81 bits per heavy atom. The second kappa shape index (κ2) is 3.86. The van der Waals surface area contributed by atoms with Crippen LogP contribution in [0.1, 0.15) is 31.7 Å². The molecule has 0 aromatic carbocycles. The van der Waals surface area contributed by atoms with E-state index < -0.39 is 0 Å². The van der Waals surface area contributed by atoms with Crippen molar-refractivity contribution < 1.29 is 0 Å². The Labute approximate surface area is 97.3 Å². The largest absolute Gasteiger partial charge is 0.374 e. The van der Waals surface area contributed by atoms with Crippen LogP contribution in [0, 0.1) is 0 Å². The highest BCUT2D eigenvalue weighted by Gasteiger charge is 2.18. The van der Waals surface area contributed by atoms with Gasteiger partial charge >= 0.3 is 0 Å². The van der Waals surface area contributed by atoms with Crippen molar-refractivity contribution in [3.05, 3.63) is 12.3 Å². The number of nitrogen functional groups attached to an aromatic ring is 1. The summed E-state index contributed by atoms with van der Waals surface area (Å²) < 4.78 is 2.06. The van der Waals surface area contributed by atoms with Gasteiger partial charge in [0.15, 0.2) is 5.01 Å². The summed E-state index contributed by atoms with van der Waals surface area (Å²) in [5, 5.41) is 13.6. The Balaban J connectivity index is 1.87. The first-order valence-corrected chi connectivity index (χ1v) is 6.29. The maximum atomic E-state index is 5.56. The first-order valence-electron chi connectivity index (χ1n) is 5.47. The number of nitrogens with zero attached hydrogens (tertiary/aromatic N) is 4. The Bertz CT molecular complexity index is 483. The van der Waals surface area contributed by atoms with E-state index in [1.165, 1.54) is 37.0 Å². The molecule has 0 saturated heterocycles. The molecule has 5 nitrogen and oxygen atoms in total. The Morgan fingerprint density at radius 2 is 2.12 bits per heavy atom. The van der Waals surface area contributed by atoms with Gasteiger partial charge in [0.25, 0.3) is 0 Å². The van der Waals surface area contributed by atoms with E-state index in [2.05, 4.69) is 20.0 Å². The maximum Gasteiger partial charge on any atom is 0.203 e. The second-order valence-corrected chi connectivity index (χ2v) is 5.07. The van der Waals surface area contributed by atoms with Gasteiger partial charge in [-0.3, -0.25) is 4.68 Å². The van der Waals surface area contributed by atoms with Crippen LogP contribution in [0.15, 0.2) is 12.3 Å². The van der Waals surface area contributed by atoms with E-state index in [0.717, 1.165) is 10.7 Å². The Morgan fingerprint density at radius 1 is 1.31 bits per heavy atom. The normalized spacial score (nSPS) is 17.0. The maximum absolute atomic E-state index is 5.56. The molecule has 2 N–H and O–H groups in total. The van der Waals surface area contributed by atoms with Crippen molar-refractivity contribution in [2.75, 3.05) is 5.73 Å². The van der Waals surface area contributed by atoms with E-state index in [0.29, 0.717) is 11.2 Å². The third kappa shape index (κ3) is 1.69. The van der Waals surface area contributed by atoms with Gasteiger partial charge in [-0.2, -0.15) is 5.10 Å². The standard InChI is InChI=1S/C10H13N5S/c11-10-13-12-9(16-10)8-5-6-15(14-8)7-3-1-2-4-7/h5-7H,1-4H2,(H2,11,13). The Kier molecular flexibility index (Phi) is 2.36. The van der Waals surface area contributed by atoms with E-state index in [9.17, 15) is 0 Å². The smallest absolute Gasteiger partial charge is 0.203 e. The molecule has 3 rings (SSSR count). The van der Waals surface area contributed by atoms with Crippen molar-refractivity contribution in [2.45, 2.75) is 31.7 Å². The van der Waals surface area contributed by atoms with Crippen molar-refractivity contribution in [3.63, 3.8) is 0 Å². The van der Waals surface area contributed by atoms with Gasteiger partial charge in [-0.1, -0.05) is 24.2 Å². The highest BCUT2D eigenvalue weighted by molar-refractivity contribution is 7.18. The van der Waals surface area contributed by atoms with Gasteiger partial charge < -0.3 is 5.73 Å². The van der Waals surface area contributed by atoms with Crippen molar-refractivity contribution in [1.82, 2.24) is 20.0 Å². The van der Waals surface area contributed by atoms with Crippen molar-refractivity contribution >= 4 is 16.5 Å². The van der Waals surface area contributed by atoms with Crippen LogP contribution < -0.4 is 5.73 Å². The van der Waals surface area contributed by atoms with Gasteiger partial charge in [0.05, 0.1) is 6.04 Å². The highest BCUT2D eigenvalue weighted by atomic mass is 32.1. The molecule has 0 radical (unpaired) electrons. The van der Waals surface area contributed by atoms with E-state index in [1.807, 2.05) is 12.3 Å². The number of rotatable bonds is 2. The van der Waals surface area contributed by atoms with Gasteiger partial charge in [-0.15, -0.1) is 10.2 Å². The van der Waals surface area contributed by atoms with E-state index >= 15 is 0 Å². The number of hydrogen-bond donors (Lipinski definition) is 1. The fraction of sp³-hybridized carbons (Fsp3) is 0.500. The number of hydrogen-bond acceptors (Lipinski definition) is 5. The molecule has 0 atom stereocenters. The van der Waals surface area contributed by atoms with Crippen LogP contribution in [0.4, 0.5) is 5.13 Å². The number of anilines is 1. The fourth-order valence-electron chi connectivity index (χ4n) is 2.16. The summed E-state index contributed by atoms with van der Waals surface area (Å²) in [6, 6.07) is 2.55. The van der Waals surface area contributed by atoms with Crippen LogP contribution in [0.3, 0.4) is 0 Å². The minimum Gasteiger partial charge on any atom is -0.374 e. The summed E-state index contributed by atoms with van der Waals surface area (Å²) in [4.78, 5) is 0. The second-order valence-electron chi connectivity index (χ2n) is 4.06. The molecular formula is C10H13N5S. The van der Waals surface area contributed by atoms with E-state index in [1.54, 1.807) is 0 Å². The van der Waals surface area contributed by atoms with E-state index in [4.69, 9.17) is 5.73 Å². The molecule has 1 aliphatic rings. The molecular weight excluding hydrogens is 222 g/mol. The molecule has 0 unspecified atom stereocenters. The third-order valence-electron chi connectivity index (χ3n) is 2.97. The predicted molar refractivity (Wildman–Crippen MR) is 63.0 cm³/mol. The minimum atomic E-state index is 0.491. The lowest BCUT2D eigenvalue weighted by Crippen LogP contribution is -2.04. The van der Waals surface area contributed by atoms with Crippen molar-refractivity contribution in [3.8, 4) is 10.7 Å². The third-order valence-corrected chi connectivity index (χ3v) is 3.74. The average molecular weight is 235 g/mol. The predicted octanol–water partition coefficient (Wildman–Crippen LogP) is 2.10. The van der Waals surface area contributed by atoms with Crippen LogP contribution in [-0.2, 0) is 0 Å². The lowest BCUT2D eigenvalue weighted by atomic mass is 10.3. The number of aromatic nitrogens is 4. The molecule has 1 aliphatic carbocycles. The average Bonchev–Trinajstić information content (AvgIpc) is 2.97. The molecule has 84 valence electrons. The number of nitrogens with two attached hydrogens (primary N) is 1. The molecule has 0 bridgehead atoms. The van der Waals surface area contributed by atoms with Crippen LogP contribution in [0.5, 0.6) is 0 Å². The van der Waals surface area contributed by atoms with Crippen LogP contribution in [0.25, 0.3) is 10.7 Å². The zero-order chi connectivity index (χ0) is 11.0. The molecule has 0 amide bonds. The summed E-state index contributed by atoms with van der Waals surface area (Å²) in [5.74, 6) is 0. The first-order chi connectivity index (χ1) is 7.83. The molecule has 1 saturated carbocycles. The highest BCUT2D eigenvalue weighted by Crippen LogP contribution is 2.30. The fourth-order valence-corrected chi connectivity index (χ4v) is 2.74. The van der Waals surface area contributed by atoms with E-state index in [-0.39, 0.29) is 0 Å². The molecule has 1 fully saturated rings. The zero-order valence-electron chi connectivity index (χ0n) is 8.83. The quantitative estimate of drug-likeness (QED) is 0.865. The lowest BCUT2D eigenvalue weighted by molar-refractivity contribution is 0.468. The monoisotopic (exact) mass is 235 g/mol. The first kappa shape index (κ1) is 9.77. The van der Waals surface area contributed by atoms with Crippen LogP contribution in [-0.4, -0.2) is 20.0 Å². The van der Waals surface area contributed by atoms with Gasteiger partial charge in [-0.25, -0.2) is 0 Å². The molecule has 2 aromatic rings. The minimum absolute atomic E-state index is 0.491. The zero-order valence-corrected chi connectivity index (χ0v) is 9.65. The molecule has 2 aromatic heterocycles. The molecule has 2 heterocycles. The lowest BCUT2D eigenvalue weighted by Gasteiger charge is -2.08. The molecule has 0 aliphatic heterocycles. The summed E-state index contributed by atoms with van der Waals surface area (Å²) in [5.41, 5.74) is 6.43. The topological polar surface area (TPSA) is 69.6 Å². The molecule has 16 heavy (non-hydrogen) atoms. The van der Waals surface area contributed by atoms with Crippen LogP contribution in [0.2, 0.25) is 0 Å². The summed E-state index contributed by atoms with van der Waals surface area (Å²) in [7, 11) is 0. The van der Waals surface area contributed by atoms with Crippen LogP contribution >= 0.6 is 11.3 Å². The van der Waals surface area contributed by atoms with Gasteiger partial charge in [-0.05, 0) is 18.9 Å². The summed E-state index contributed by atoms with van der Waals surface area (Å²) in [6.07, 6.45) is 7.12. The van der Waals surface area contributed by atoms with Gasteiger partial charge in [0, 0.05) is 6.20 Å². The molecule has 6 heteroatoms. The molecule has 0 spiro atoms.